The molecule has 3 aliphatic rings. The van der Waals surface area contributed by atoms with Crippen LogP contribution in [0.4, 0.5) is 4.79 Å². The zero-order chi connectivity index (χ0) is 52.7. The summed E-state index contributed by atoms with van der Waals surface area (Å²) >= 11 is 0. The van der Waals surface area contributed by atoms with Gasteiger partial charge in [0.1, 0.15) is 37.0 Å². The first kappa shape index (κ1) is 59.4. The van der Waals surface area contributed by atoms with Crippen LogP contribution in [-0.2, 0) is 52.3 Å². The van der Waals surface area contributed by atoms with E-state index < -0.39 is 34.8 Å². The van der Waals surface area contributed by atoms with Crippen molar-refractivity contribution in [3.63, 3.8) is 0 Å². The summed E-state index contributed by atoms with van der Waals surface area (Å²) in [6.07, 6.45) is 10.4. The summed E-state index contributed by atoms with van der Waals surface area (Å²) < 4.78 is 39.7. The molecule has 2 amide bonds. The molecule has 0 radical (unpaired) electrons. The van der Waals surface area contributed by atoms with Gasteiger partial charge in [-0.25, -0.2) is 9.59 Å². The number of esters is 2. The lowest BCUT2D eigenvalue weighted by atomic mass is 9.93. The number of fused-ring (bicyclic) bond motifs is 4. The molecule has 16 heteroatoms. The number of carbonyl (C=O) groups is 5. The van der Waals surface area contributed by atoms with Crippen LogP contribution in [0.3, 0.4) is 0 Å². The standard InChI is InChI=1S/C57H88N4O12/c1-8-55(6,59-29-18-16-26-48(61-53(66)73-54(3,4)5)51(64)72-41-57-27-17-10-11-21-42(57)37-57)49(62)39-70-40-50(63)58-28-19-31-67-33-35-69-36-34-68-32-20-30-60-56(7,9-2)52(65)71-38-47-45-24-14-12-22-43(45)44-23-13-15-25-46(44)47/h12-15,22-25,42,47-48,59-60H,8-11,16-21,26-41H2,1-7H3,(H,58,63)(H,61,66). The van der Waals surface area contributed by atoms with Crippen LogP contribution in [0.15, 0.2) is 48.5 Å². The van der Waals surface area contributed by atoms with E-state index in [1.54, 1.807) is 20.8 Å². The Labute approximate surface area is 435 Å². The molecule has 4 N–H and O–H groups in total. The van der Waals surface area contributed by atoms with Crippen LogP contribution in [0.1, 0.15) is 149 Å². The number of rotatable bonds is 35. The second-order valence-electron chi connectivity index (χ2n) is 21.5. The Kier molecular flexibility index (Phi) is 24.1. The molecule has 2 fully saturated rings. The minimum atomic E-state index is -0.857. The van der Waals surface area contributed by atoms with E-state index in [4.69, 9.17) is 33.2 Å². The SMILES string of the molecule is CCC(C)(NCCCCC(NC(=O)OC(C)(C)C)C(=O)OCC12CCCCCC1C2)C(=O)COCC(=O)NCCCOCCOCCOCCCNC(C)(CC)C(=O)OCC1c2ccccc2-c2ccccc21. The van der Waals surface area contributed by atoms with E-state index in [0.717, 1.165) is 25.7 Å². The molecule has 3 aliphatic carbocycles. The van der Waals surface area contributed by atoms with E-state index in [0.29, 0.717) is 117 Å². The van der Waals surface area contributed by atoms with Crippen LogP contribution in [0, 0.1) is 11.3 Å². The van der Waals surface area contributed by atoms with E-state index in [9.17, 15) is 24.0 Å². The van der Waals surface area contributed by atoms with Crippen LogP contribution < -0.4 is 21.3 Å². The van der Waals surface area contributed by atoms with Gasteiger partial charge in [0.2, 0.25) is 5.91 Å². The van der Waals surface area contributed by atoms with E-state index >= 15 is 0 Å². The second kappa shape index (κ2) is 29.6. The lowest BCUT2D eigenvalue weighted by Gasteiger charge is -2.28. The van der Waals surface area contributed by atoms with Gasteiger partial charge < -0.3 is 54.4 Å². The topological polar surface area (TPSA) is 198 Å². The predicted octanol–water partition coefficient (Wildman–Crippen LogP) is 7.97. The van der Waals surface area contributed by atoms with Crippen molar-refractivity contribution < 1.29 is 57.1 Å². The lowest BCUT2D eigenvalue weighted by molar-refractivity contribution is -0.151. The van der Waals surface area contributed by atoms with E-state index in [2.05, 4.69) is 45.5 Å². The molecular formula is C57H88N4O12. The van der Waals surface area contributed by atoms with Crippen molar-refractivity contribution in [2.45, 2.75) is 161 Å². The Bertz CT molecular complexity index is 2020. The molecule has 0 aromatic heterocycles. The maximum Gasteiger partial charge on any atom is 0.408 e. The fourth-order valence-corrected chi connectivity index (χ4v) is 9.74. The van der Waals surface area contributed by atoms with Crippen molar-refractivity contribution in [2.75, 3.05) is 85.7 Å². The normalized spacial score (nSPS) is 19.2. The highest BCUT2D eigenvalue weighted by Gasteiger charge is 2.54. The number of benzene rings is 2. The summed E-state index contributed by atoms with van der Waals surface area (Å²) in [5.74, 6) is -0.508. The Morgan fingerprint density at radius 3 is 1.92 bits per heavy atom. The highest BCUT2D eigenvalue weighted by Crippen LogP contribution is 2.60. The first-order valence-corrected chi connectivity index (χ1v) is 27.2. The average molecular weight is 1020 g/mol. The Morgan fingerprint density at radius 2 is 1.27 bits per heavy atom. The summed E-state index contributed by atoms with van der Waals surface area (Å²) in [7, 11) is 0. The lowest BCUT2D eigenvalue weighted by Crippen LogP contribution is -2.51. The van der Waals surface area contributed by atoms with Crippen molar-refractivity contribution in [3.05, 3.63) is 59.7 Å². The van der Waals surface area contributed by atoms with Crippen molar-refractivity contribution in [1.29, 1.82) is 0 Å². The fourth-order valence-electron chi connectivity index (χ4n) is 9.74. The molecule has 2 aromatic rings. The van der Waals surface area contributed by atoms with Crippen molar-refractivity contribution in [2.24, 2.45) is 11.3 Å². The molecule has 408 valence electrons. The van der Waals surface area contributed by atoms with Crippen LogP contribution in [-0.4, -0.2) is 138 Å². The van der Waals surface area contributed by atoms with Gasteiger partial charge in [0.15, 0.2) is 5.78 Å². The molecule has 5 atom stereocenters. The Hall–Kier alpha value is -4.45. The molecule has 5 unspecified atom stereocenters. The average Bonchev–Trinajstić information content (AvgIpc) is 4.02. The minimum Gasteiger partial charge on any atom is -0.464 e. The van der Waals surface area contributed by atoms with Gasteiger partial charge in [-0.15, -0.1) is 0 Å². The highest BCUT2D eigenvalue weighted by molar-refractivity contribution is 5.89. The van der Waals surface area contributed by atoms with Gasteiger partial charge in [-0.2, -0.15) is 0 Å². The number of hydrogen-bond acceptors (Lipinski definition) is 14. The third kappa shape index (κ3) is 19.0. The molecule has 5 rings (SSSR count). The number of ether oxygens (including phenoxy) is 7. The maximum atomic E-state index is 13.3. The van der Waals surface area contributed by atoms with Crippen molar-refractivity contribution in [1.82, 2.24) is 21.3 Å². The fraction of sp³-hybridized carbons (Fsp3) is 0.702. The van der Waals surface area contributed by atoms with Crippen LogP contribution in [0.2, 0.25) is 0 Å². The molecule has 2 saturated carbocycles. The summed E-state index contributed by atoms with van der Waals surface area (Å²) in [4.78, 5) is 64.8. The molecular weight excluding hydrogens is 933 g/mol. The smallest absolute Gasteiger partial charge is 0.408 e. The monoisotopic (exact) mass is 1020 g/mol. The van der Waals surface area contributed by atoms with Gasteiger partial charge in [-0.1, -0.05) is 81.6 Å². The van der Waals surface area contributed by atoms with Crippen molar-refractivity contribution in [3.8, 4) is 11.1 Å². The number of ketones is 1. The van der Waals surface area contributed by atoms with Crippen LogP contribution in [0.25, 0.3) is 11.1 Å². The minimum absolute atomic E-state index is 0.0218. The molecule has 0 bridgehead atoms. The molecule has 2 aromatic carbocycles. The maximum absolute atomic E-state index is 13.3. The first-order valence-electron chi connectivity index (χ1n) is 27.2. The van der Waals surface area contributed by atoms with E-state index in [1.807, 2.05) is 52.0 Å². The van der Waals surface area contributed by atoms with Crippen LogP contribution in [0.5, 0.6) is 0 Å². The Morgan fingerprint density at radius 1 is 0.671 bits per heavy atom. The second-order valence-corrected chi connectivity index (χ2v) is 21.5. The van der Waals surface area contributed by atoms with Gasteiger partial charge in [0.05, 0.1) is 38.6 Å². The largest absolute Gasteiger partial charge is 0.464 e. The third-order valence-corrected chi connectivity index (χ3v) is 14.8. The first-order chi connectivity index (χ1) is 35.0. The van der Waals surface area contributed by atoms with Gasteiger partial charge in [-0.05, 0) is 140 Å². The van der Waals surface area contributed by atoms with E-state index in [-0.39, 0.29) is 42.2 Å². The zero-order valence-corrected chi connectivity index (χ0v) is 45.1. The van der Waals surface area contributed by atoms with Crippen LogP contribution >= 0.6 is 0 Å². The van der Waals surface area contributed by atoms with Gasteiger partial charge in [-0.3, -0.25) is 14.4 Å². The predicted molar refractivity (Wildman–Crippen MR) is 280 cm³/mol. The molecule has 0 saturated heterocycles. The molecule has 0 spiro atoms. The van der Waals surface area contributed by atoms with E-state index in [1.165, 1.54) is 41.5 Å². The molecule has 73 heavy (non-hydrogen) atoms. The number of hydrogen-bond donors (Lipinski definition) is 4. The number of alkyl carbamates (subject to hydrolysis) is 1. The summed E-state index contributed by atoms with van der Waals surface area (Å²) in [5.41, 5.74) is 2.53. The quantitative estimate of drug-likeness (QED) is 0.0295. The number of unbranched alkanes of at least 4 members (excludes halogenated alkanes) is 1. The summed E-state index contributed by atoms with van der Waals surface area (Å²) in [6.45, 7) is 17.4. The number of nitrogens with one attached hydrogen (secondary N) is 4. The molecule has 0 heterocycles. The van der Waals surface area contributed by atoms with Crippen molar-refractivity contribution >= 4 is 29.7 Å². The molecule has 0 aliphatic heterocycles. The number of Topliss-reactive ketones (excluding diaryl/α,β-unsaturated/α-hetero) is 1. The van der Waals surface area contributed by atoms with Gasteiger partial charge in [0, 0.05) is 31.1 Å². The number of carbonyl (C=O) groups excluding carboxylic acids is 5. The third-order valence-electron chi connectivity index (χ3n) is 14.8. The van der Waals surface area contributed by atoms with Gasteiger partial charge in [0.25, 0.3) is 0 Å². The van der Waals surface area contributed by atoms with Gasteiger partial charge >= 0.3 is 18.0 Å². The number of amides is 2. The summed E-state index contributed by atoms with van der Waals surface area (Å²) in [5, 5.41) is 12.3. The highest BCUT2D eigenvalue weighted by atomic mass is 16.6. The summed E-state index contributed by atoms with van der Waals surface area (Å²) in [6, 6.07) is 15.8. The zero-order valence-electron chi connectivity index (χ0n) is 45.1. The Balaban J connectivity index is 0.833. The molecule has 16 nitrogen and oxygen atoms in total.